The first kappa shape index (κ1) is 21.5. The van der Waals surface area contributed by atoms with E-state index in [-0.39, 0.29) is 5.91 Å². The molecule has 34 heavy (non-hydrogen) atoms. The molecule has 0 atom stereocenters. The maximum absolute atomic E-state index is 13.2. The molecule has 8 heteroatoms. The van der Waals surface area contributed by atoms with Crippen LogP contribution in [-0.2, 0) is 0 Å². The largest absolute Gasteiger partial charge is 0.306 e. The van der Waals surface area contributed by atoms with E-state index in [4.69, 9.17) is 4.98 Å². The summed E-state index contributed by atoms with van der Waals surface area (Å²) < 4.78 is 3.33. The summed E-state index contributed by atoms with van der Waals surface area (Å²) in [6.07, 6.45) is 3.25. The first-order valence-corrected chi connectivity index (χ1v) is 11.0. The van der Waals surface area contributed by atoms with Crippen LogP contribution in [0, 0.1) is 34.6 Å². The molecule has 0 saturated carbocycles. The Labute approximate surface area is 197 Å². The van der Waals surface area contributed by atoms with Crippen LogP contribution in [0.2, 0.25) is 0 Å². The molecule has 0 bridgehead atoms. The molecule has 1 amide bonds. The molecule has 5 rings (SSSR count). The summed E-state index contributed by atoms with van der Waals surface area (Å²) in [5.41, 5.74) is 6.27. The Morgan fingerprint density at radius 2 is 1.74 bits per heavy atom. The van der Waals surface area contributed by atoms with E-state index in [0.29, 0.717) is 28.7 Å². The van der Waals surface area contributed by atoms with Gasteiger partial charge in [0.05, 0.1) is 28.7 Å². The predicted molar refractivity (Wildman–Crippen MR) is 132 cm³/mol. The smallest absolute Gasteiger partial charge is 0.260 e. The monoisotopic (exact) mass is 451 g/mol. The summed E-state index contributed by atoms with van der Waals surface area (Å²) in [6, 6.07) is 13.7. The third-order valence-corrected chi connectivity index (χ3v) is 5.85. The number of benzene rings is 1. The van der Waals surface area contributed by atoms with E-state index >= 15 is 0 Å². The van der Waals surface area contributed by atoms with Crippen molar-refractivity contribution in [1.82, 2.24) is 29.5 Å². The van der Waals surface area contributed by atoms with E-state index in [9.17, 15) is 4.79 Å². The van der Waals surface area contributed by atoms with Crippen molar-refractivity contribution in [2.45, 2.75) is 34.6 Å². The van der Waals surface area contributed by atoms with Crippen LogP contribution in [0.4, 0.5) is 5.82 Å². The van der Waals surface area contributed by atoms with Crippen LogP contribution >= 0.6 is 0 Å². The fraction of sp³-hybridized carbons (Fsp3) is 0.192. The fourth-order valence-electron chi connectivity index (χ4n) is 4.23. The second-order valence-electron chi connectivity index (χ2n) is 8.56. The molecule has 0 aliphatic rings. The van der Waals surface area contributed by atoms with E-state index in [1.54, 1.807) is 21.8 Å². The Morgan fingerprint density at radius 3 is 2.50 bits per heavy atom. The van der Waals surface area contributed by atoms with Gasteiger partial charge < -0.3 is 5.32 Å². The summed E-state index contributed by atoms with van der Waals surface area (Å²) in [5.74, 6) is 1.58. The number of nitrogens with one attached hydrogen (secondary N) is 1. The zero-order valence-corrected chi connectivity index (χ0v) is 19.8. The SMILES string of the molecule is Cc1cc(C)c2nc(-n3nc(C)cc3NC(=O)c3cnn(-c4ccccn4)c3C)cc(C)c2c1. The van der Waals surface area contributed by atoms with E-state index in [1.165, 1.54) is 5.56 Å². The van der Waals surface area contributed by atoms with Crippen molar-refractivity contribution in [2.24, 2.45) is 0 Å². The van der Waals surface area contributed by atoms with Crippen molar-refractivity contribution in [3.63, 3.8) is 0 Å². The molecule has 1 N–H and O–H groups in total. The molecule has 4 aromatic heterocycles. The summed E-state index contributed by atoms with van der Waals surface area (Å²) in [6.45, 7) is 9.94. The van der Waals surface area contributed by atoms with Crippen molar-refractivity contribution in [2.75, 3.05) is 5.32 Å². The van der Waals surface area contributed by atoms with Gasteiger partial charge in [0.1, 0.15) is 5.82 Å². The van der Waals surface area contributed by atoms with Gasteiger partial charge in [0.15, 0.2) is 11.6 Å². The number of nitrogens with zero attached hydrogens (tertiary/aromatic N) is 6. The minimum Gasteiger partial charge on any atom is -0.306 e. The minimum atomic E-state index is -0.273. The fourth-order valence-corrected chi connectivity index (χ4v) is 4.23. The highest BCUT2D eigenvalue weighted by atomic mass is 16.1. The Morgan fingerprint density at radius 1 is 0.912 bits per heavy atom. The number of carbonyl (C=O) groups excluding carboxylic acids is 1. The van der Waals surface area contributed by atoms with Gasteiger partial charge in [0.25, 0.3) is 5.91 Å². The van der Waals surface area contributed by atoms with Crippen molar-refractivity contribution >= 4 is 22.6 Å². The molecule has 0 aliphatic carbocycles. The van der Waals surface area contributed by atoms with Gasteiger partial charge in [-0.2, -0.15) is 14.9 Å². The molecule has 0 unspecified atom stereocenters. The van der Waals surface area contributed by atoms with Gasteiger partial charge in [-0.25, -0.2) is 14.6 Å². The maximum Gasteiger partial charge on any atom is 0.260 e. The van der Waals surface area contributed by atoms with E-state index in [1.807, 2.05) is 44.2 Å². The highest BCUT2D eigenvalue weighted by Gasteiger charge is 2.19. The number of rotatable bonds is 4. The molecular weight excluding hydrogens is 426 g/mol. The lowest BCUT2D eigenvalue weighted by atomic mass is 10.0. The number of aromatic nitrogens is 6. The van der Waals surface area contributed by atoms with Crippen LogP contribution in [0.15, 0.2) is 54.9 Å². The lowest BCUT2D eigenvalue weighted by Crippen LogP contribution is -2.16. The predicted octanol–water partition coefficient (Wildman–Crippen LogP) is 4.80. The topological polar surface area (TPSA) is 90.5 Å². The summed E-state index contributed by atoms with van der Waals surface area (Å²) in [5, 5.41) is 13.1. The molecule has 0 spiro atoms. The maximum atomic E-state index is 13.2. The summed E-state index contributed by atoms with van der Waals surface area (Å²) >= 11 is 0. The van der Waals surface area contributed by atoms with Crippen LogP contribution < -0.4 is 5.32 Å². The molecule has 1 aromatic carbocycles. The number of hydrogen-bond acceptors (Lipinski definition) is 5. The Hall–Kier alpha value is -4.33. The van der Waals surface area contributed by atoms with Gasteiger partial charge in [-0.1, -0.05) is 17.7 Å². The molecule has 0 saturated heterocycles. The molecule has 170 valence electrons. The van der Waals surface area contributed by atoms with Crippen LogP contribution in [0.25, 0.3) is 22.5 Å². The van der Waals surface area contributed by atoms with Crippen molar-refractivity contribution in [3.8, 4) is 11.6 Å². The normalized spacial score (nSPS) is 11.2. The molecule has 0 aliphatic heterocycles. The molecule has 0 fully saturated rings. The van der Waals surface area contributed by atoms with E-state index in [2.05, 4.69) is 53.4 Å². The Kier molecular flexibility index (Phi) is 5.20. The van der Waals surface area contributed by atoms with Crippen LogP contribution in [0.3, 0.4) is 0 Å². The number of amides is 1. The Bertz CT molecular complexity index is 1550. The standard InChI is InChI=1S/C26H25N7O/c1-15-10-17(3)25-20(11-15)16(2)12-23(29-25)33-24(13-18(4)31-33)30-26(34)21-14-28-32(19(21)5)22-8-6-7-9-27-22/h6-14H,1-5H3,(H,30,34). The first-order valence-electron chi connectivity index (χ1n) is 11.0. The van der Waals surface area contributed by atoms with Gasteiger partial charge in [0, 0.05) is 17.6 Å². The van der Waals surface area contributed by atoms with Crippen LogP contribution in [0.1, 0.15) is 38.4 Å². The zero-order valence-electron chi connectivity index (χ0n) is 19.8. The number of pyridine rings is 2. The number of hydrogen-bond donors (Lipinski definition) is 1. The van der Waals surface area contributed by atoms with Crippen molar-refractivity contribution < 1.29 is 4.79 Å². The first-order chi connectivity index (χ1) is 16.3. The molecular formula is C26H25N7O. The highest BCUT2D eigenvalue weighted by Crippen LogP contribution is 2.26. The zero-order chi connectivity index (χ0) is 24.0. The highest BCUT2D eigenvalue weighted by molar-refractivity contribution is 6.04. The molecule has 5 aromatic rings. The van der Waals surface area contributed by atoms with Gasteiger partial charge in [-0.15, -0.1) is 0 Å². The van der Waals surface area contributed by atoms with Crippen molar-refractivity contribution in [3.05, 3.63) is 88.5 Å². The number of aryl methyl sites for hydroxylation is 4. The lowest BCUT2D eigenvalue weighted by Gasteiger charge is -2.12. The molecule has 0 radical (unpaired) electrons. The number of carbonyl (C=O) groups is 1. The van der Waals surface area contributed by atoms with Crippen LogP contribution in [0.5, 0.6) is 0 Å². The van der Waals surface area contributed by atoms with E-state index in [0.717, 1.165) is 27.7 Å². The number of fused-ring (bicyclic) bond motifs is 1. The molecule has 4 heterocycles. The quantitative estimate of drug-likeness (QED) is 0.424. The van der Waals surface area contributed by atoms with Gasteiger partial charge in [-0.3, -0.25) is 4.79 Å². The Balaban J connectivity index is 1.52. The average molecular weight is 452 g/mol. The second kappa shape index (κ2) is 8.22. The van der Waals surface area contributed by atoms with Crippen molar-refractivity contribution in [1.29, 1.82) is 0 Å². The average Bonchev–Trinajstić information content (AvgIpc) is 3.37. The molecule has 8 nitrogen and oxygen atoms in total. The van der Waals surface area contributed by atoms with E-state index < -0.39 is 0 Å². The summed E-state index contributed by atoms with van der Waals surface area (Å²) in [4.78, 5) is 22.4. The summed E-state index contributed by atoms with van der Waals surface area (Å²) in [7, 11) is 0. The third kappa shape index (κ3) is 3.73. The van der Waals surface area contributed by atoms with Crippen LogP contribution in [-0.4, -0.2) is 35.4 Å². The second-order valence-corrected chi connectivity index (χ2v) is 8.56. The third-order valence-electron chi connectivity index (χ3n) is 5.85. The minimum absolute atomic E-state index is 0.273. The van der Waals surface area contributed by atoms with Gasteiger partial charge in [0.2, 0.25) is 0 Å². The lowest BCUT2D eigenvalue weighted by molar-refractivity contribution is 0.102. The van der Waals surface area contributed by atoms with Gasteiger partial charge in [-0.05, 0) is 70.0 Å². The van der Waals surface area contributed by atoms with Gasteiger partial charge >= 0.3 is 0 Å². The number of anilines is 1.